The SMILES string of the molecule is COc1cccc(-n2c(O)c(C=C3C=CC=N3)c(=O)[nH]c2=O)c1. The van der Waals surface area contributed by atoms with E-state index in [0.717, 1.165) is 4.57 Å². The first-order valence-corrected chi connectivity index (χ1v) is 6.75. The van der Waals surface area contributed by atoms with Gasteiger partial charge in [0.15, 0.2) is 0 Å². The van der Waals surface area contributed by atoms with Gasteiger partial charge in [0.2, 0.25) is 5.88 Å². The van der Waals surface area contributed by atoms with E-state index in [1.807, 2.05) is 0 Å². The Bertz CT molecular complexity index is 950. The lowest BCUT2D eigenvalue weighted by Crippen LogP contribution is -2.30. The Balaban J connectivity index is 2.23. The minimum absolute atomic E-state index is 0.0499. The third-order valence-corrected chi connectivity index (χ3v) is 3.30. The third-order valence-electron chi connectivity index (χ3n) is 3.30. The molecule has 7 nitrogen and oxygen atoms in total. The van der Waals surface area contributed by atoms with Gasteiger partial charge in [0.1, 0.15) is 11.3 Å². The molecule has 1 aromatic carbocycles. The molecule has 7 heteroatoms. The summed E-state index contributed by atoms with van der Waals surface area (Å²) in [6.07, 6.45) is 6.36. The van der Waals surface area contributed by atoms with Crippen molar-refractivity contribution in [2.75, 3.05) is 7.11 Å². The van der Waals surface area contributed by atoms with Gasteiger partial charge in [-0.1, -0.05) is 6.07 Å². The first-order chi connectivity index (χ1) is 11.1. The Morgan fingerprint density at radius 1 is 1.35 bits per heavy atom. The molecule has 2 N–H and O–H groups in total. The van der Waals surface area contributed by atoms with Crippen molar-refractivity contribution in [1.82, 2.24) is 9.55 Å². The fourth-order valence-electron chi connectivity index (χ4n) is 2.20. The fraction of sp³-hybridized carbons (Fsp3) is 0.0625. The first kappa shape index (κ1) is 14.6. The molecule has 2 aromatic rings. The summed E-state index contributed by atoms with van der Waals surface area (Å²) in [6.45, 7) is 0. The predicted molar refractivity (Wildman–Crippen MR) is 86.5 cm³/mol. The summed E-state index contributed by atoms with van der Waals surface area (Å²) in [4.78, 5) is 30.3. The fourth-order valence-corrected chi connectivity index (χ4v) is 2.20. The molecule has 2 heterocycles. The number of benzene rings is 1. The number of nitrogens with one attached hydrogen (secondary N) is 1. The van der Waals surface area contributed by atoms with Crippen LogP contribution in [0.25, 0.3) is 11.8 Å². The van der Waals surface area contributed by atoms with Gasteiger partial charge in [-0.2, -0.15) is 0 Å². The first-order valence-electron chi connectivity index (χ1n) is 6.75. The lowest BCUT2D eigenvalue weighted by atomic mass is 10.2. The van der Waals surface area contributed by atoms with Crippen molar-refractivity contribution >= 4 is 12.3 Å². The quantitative estimate of drug-likeness (QED) is 0.890. The van der Waals surface area contributed by atoms with E-state index in [-0.39, 0.29) is 5.56 Å². The molecule has 23 heavy (non-hydrogen) atoms. The summed E-state index contributed by atoms with van der Waals surface area (Å²) in [5.41, 5.74) is -0.607. The number of allylic oxidation sites excluding steroid dienone is 2. The highest BCUT2D eigenvalue weighted by molar-refractivity contribution is 5.79. The molecule has 0 unspecified atom stereocenters. The Hall–Kier alpha value is -3.35. The largest absolute Gasteiger partial charge is 0.497 e. The average Bonchev–Trinajstić information content (AvgIpc) is 3.04. The number of rotatable bonds is 3. The van der Waals surface area contributed by atoms with Gasteiger partial charge < -0.3 is 9.84 Å². The normalized spacial score (nSPS) is 14.6. The summed E-state index contributed by atoms with van der Waals surface area (Å²) >= 11 is 0. The minimum atomic E-state index is -0.742. The van der Waals surface area contributed by atoms with Crippen LogP contribution in [0.4, 0.5) is 0 Å². The molecular weight excluding hydrogens is 298 g/mol. The Kier molecular flexibility index (Phi) is 3.68. The van der Waals surface area contributed by atoms with Crippen LogP contribution in [0, 0.1) is 0 Å². The highest BCUT2D eigenvalue weighted by atomic mass is 16.5. The van der Waals surface area contributed by atoms with Crippen LogP contribution in [0.5, 0.6) is 11.6 Å². The van der Waals surface area contributed by atoms with Gasteiger partial charge in [-0.05, 0) is 30.4 Å². The number of hydrogen-bond donors (Lipinski definition) is 2. The average molecular weight is 311 g/mol. The monoisotopic (exact) mass is 311 g/mol. The van der Waals surface area contributed by atoms with Crippen LogP contribution in [-0.2, 0) is 0 Å². The second-order valence-electron chi connectivity index (χ2n) is 4.74. The van der Waals surface area contributed by atoms with Crippen molar-refractivity contribution in [3.63, 3.8) is 0 Å². The van der Waals surface area contributed by atoms with E-state index < -0.39 is 17.1 Å². The number of aliphatic imine (C=N–C) groups is 1. The molecule has 0 aliphatic carbocycles. The molecule has 0 radical (unpaired) electrons. The molecule has 1 aliphatic rings. The standard InChI is InChI=1S/C16H13N3O4/c1-23-12-6-2-5-11(9-12)19-15(21)13(14(20)18-16(19)22)8-10-4-3-7-17-10/h2-9,21H,1H3,(H,18,20,22). The number of nitrogens with zero attached hydrogens (tertiary/aromatic N) is 2. The van der Waals surface area contributed by atoms with E-state index in [4.69, 9.17) is 4.74 Å². The van der Waals surface area contributed by atoms with E-state index >= 15 is 0 Å². The van der Waals surface area contributed by atoms with Crippen molar-refractivity contribution < 1.29 is 9.84 Å². The van der Waals surface area contributed by atoms with Crippen LogP contribution >= 0.6 is 0 Å². The second kappa shape index (κ2) is 5.80. The van der Waals surface area contributed by atoms with E-state index in [1.165, 1.54) is 13.2 Å². The van der Waals surface area contributed by atoms with Gasteiger partial charge in [-0.3, -0.25) is 14.8 Å². The molecule has 3 rings (SSSR count). The summed E-state index contributed by atoms with van der Waals surface area (Å²) in [5.74, 6) is 0.0539. The summed E-state index contributed by atoms with van der Waals surface area (Å²) < 4.78 is 6.11. The summed E-state index contributed by atoms with van der Waals surface area (Å²) in [7, 11) is 1.49. The van der Waals surface area contributed by atoms with Crippen LogP contribution in [0.15, 0.2) is 56.7 Å². The molecule has 1 aliphatic heterocycles. The van der Waals surface area contributed by atoms with Gasteiger partial charge in [0.05, 0.1) is 18.5 Å². The zero-order valence-electron chi connectivity index (χ0n) is 12.2. The minimum Gasteiger partial charge on any atom is -0.497 e. The summed E-state index contributed by atoms with van der Waals surface area (Å²) in [5, 5.41) is 10.4. The highest BCUT2D eigenvalue weighted by Crippen LogP contribution is 2.22. The molecular formula is C16H13N3O4. The number of ether oxygens (including phenoxy) is 1. The lowest BCUT2D eigenvalue weighted by molar-refractivity contribution is 0.412. The van der Waals surface area contributed by atoms with E-state index in [0.29, 0.717) is 17.1 Å². The van der Waals surface area contributed by atoms with Crippen molar-refractivity contribution in [3.05, 3.63) is 68.5 Å². The molecule has 116 valence electrons. The third kappa shape index (κ3) is 2.71. The molecule has 0 fully saturated rings. The van der Waals surface area contributed by atoms with Gasteiger partial charge in [0.25, 0.3) is 5.56 Å². The van der Waals surface area contributed by atoms with Crippen molar-refractivity contribution in [2.45, 2.75) is 0 Å². The number of H-pyrrole nitrogens is 1. The van der Waals surface area contributed by atoms with Crippen LogP contribution in [-0.4, -0.2) is 28.0 Å². The maximum atomic E-state index is 12.1. The highest BCUT2D eigenvalue weighted by Gasteiger charge is 2.15. The molecule has 1 aromatic heterocycles. The number of aromatic hydroxyl groups is 1. The van der Waals surface area contributed by atoms with Crippen LogP contribution in [0.1, 0.15) is 5.56 Å². The molecule has 0 saturated carbocycles. The number of hydrogen-bond acceptors (Lipinski definition) is 5. The maximum absolute atomic E-state index is 12.1. The van der Waals surface area contributed by atoms with Crippen LogP contribution in [0.2, 0.25) is 0 Å². The van der Waals surface area contributed by atoms with Crippen LogP contribution in [0.3, 0.4) is 0 Å². The zero-order chi connectivity index (χ0) is 16.4. The Labute approximate surface area is 130 Å². The predicted octanol–water partition coefficient (Wildman–Crippen LogP) is 1.22. The van der Waals surface area contributed by atoms with Gasteiger partial charge in [0, 0.05) is 12.3 Å². The van der Waals surface area contributed by atoms with E-state index in [1.54, 1.807) is 42.6 Å². The topological polar surface area (TPSA) is 96.7 Å². The van der Waals surface area contributed by atoms with E-state index in [2.05, 4.69) is 9.98 Å². The smallest absolute Gasteiger partial charge is 0.335 e. The van der Waals surface area contributed by atoms with Gasteiger partial charge in [-0.25, -0.2) is 9.36 Å². The number of aromatic nitrogens is 2. The maximum Gasteiger partial charge on any atom is 0.335 e. The zero-order valence-corrected chi connectivity index (χ0v) is 12.2. The molecule has 0 atom stereocenters. The van der Waals surface area contributed by atoms with Crippen molar-refractivity contribution in [3.8, 4) is 17.3 Å². The number of aromatic amines is 1. The lowest BCUT2D eigenvalue weighted by Gasteiger charge is -2.11. The Morgan fingerprint density at radius 3 is 2.87 bits per heavy atom. The van der Waals surface area contributed by atoms with Crippen LogP contribution < -0.4 is 16.0 Å². The number of methoxy groups -OCH3 is 1. The molecule has 0 spiro atoms. The van der Waals surface area contributed by atoms with Gasteiger partial charge >= 0.3 is 5.69 Å². The second-order valence-corrected chi connectivity index (χ2v) is 4.74. The van der Waals surface area contributed by atoms with E-state index in [9.17, 15) is 14.7 Å². The molecule has 0 bridgehead atoms. The van der Waals surface area contributed by atoms with Crippen molar-refractivity contribution in [2.24, 2.45) is 4.99 Å². The van der Waals surface area contributed by atoms with Gasteiger partial charge in [-0.15, -0.1) is 0 Å². The van der Waals surface area contributed by atoms with Crippen molar-refractivity contribution in [1.29, 1.82) is 0 Å². The Morgan fingerprint density at radius 2 is 2.17 bits per heavy atom. The molecule has 0 amide bonds. The summed E-state index contributed by atoms with van der Waals surface area (Å²) in [6, 6.07) is 6.57. The molecule has 0 saturated heterocycles.